The summed E-state index contributed by atoms with van der Waals surface area (Å²) in [5.41, 5.74) is -0.300. The monoisotopic (exact) mass is 252 g/mol. The van der Waals surface area contributed by atoms with Crippen molar-refractivity contribution in [1.82, 2.24) is 10.2 Å². The van der Waals surface area contributed by atoms with Gasteiger partial charge >= 0.3 is 0 Å². The SMILES string of the molecule is CCN(C(=O)C1(C)CCCCN1)C1CCCCC1. The van der Waals surface area contributed by atoms with Gasteiger partial charge in [-0.1, -0.05) is 19.3 Å². The highest BCUT2D eigenvalue weighted by atomic mass is 16.2. The van der Waals surface area contributed by atoms with Gasteiger partial charge in [-0.15, -0.1) is 0 Å². The van der Waals surface area contributed by atoms with E-state index in [9.17, 15) is 4.79 Å². The number of amides is 1. The third-order valence-corrected chi connectivity index (χ3v) is 4.71. The second-order valence-corrected chi connectivity index (χ2v) is 6.10. The van der Waals surface area contributed by atoms with E-state index in [0.29, 0.717) is 11.9 Å². The first kappa shape index (κ1) is 13.9. The Balaban J connectivity index is 2.03. The first-order valence-electron chi connectivity index (χ1n) is 7.73. The molecule has 1 atom stereocenters. The van der Waals surface area contributed by atoms with Crippen LogP contribution in [0.25, 0.3) is 0 Å². The molecule has 1 amide bonds. The zero-order valence-corrected chi connectivity index (χ0v) is 12.0. The fourth-order valence-electron chi connectivity index (χ4n) is 3.52. The van der Waals surface area contributed by atoms with Crippen LogP contribution in [0.4, 0.5) is 0 Å². The predicted octanol–water partition coefficient (Wildman–Crippen LogP) is 2.70. The van der Waals surface area contributed by atoms with Crippen LogP contribution in [-0.4, -0.2) is 35.5 Å². The Morgan fingerprint density at radius 3 is 2.50 bits per heavy atom. The van der Waals surface area contributed by atoms with Crippen molar-refractivity contribution >= 4 is 5.91 Å². The molecule has 2 rings (SSSR count). The van der Waals surface area contributed by atoms with E-state index in [2.05, 4.69) is 24.1 Å². The summed E-state index contributed by atoms with van der Waals surface area (Å²) in [7, 11) is 0. The third kappa shape index (κ3) is 2.87. The number of carbonyl (C=O) groups excluding carboxylic acids is 1. The van der Waals surface area contributed by atoms with Gasteiger partial charge < -0.3 is 10.2 Å². The Labute approximate surface area is 111 Å². The van der Waals surface area contributed by atoms with E-state index in [1.165, 1.54) is 44.9 Å². The van der Waals surface area contributed by atoms with Crippen LogP contribution in [0.3, 0.4) is 0 Å². The minimum atomic E-state index is -0.300. The number of hydrogen-bond donors (Lipinski definition) is 1. The van der Waals surface area contributed by atoms with Gasteiger partial charge in [0.05, 0.1) is 5.54 Å². The number of likely N-dealkylation sites (N-methyl/N-ethyl adjacent to an activating group) is 1. The molecule has 3 nitrogen and oxygen atoms in total. The second kappa shape index (κ2) is 6.05. The van der Waals surface area contributed by atoms with Crippen molar-refractivity contribution in [3.05, 3.63) is 0 Å². The molecule has 18 heavy (non-hydrogen) atoms. The molecule has 1 heterocycles. The van der Waals surface area contributed by atoms with Crippen molar-refractivity contribution in [2.24, 2.45) is 0 Å². The minimum absolute atomic E-state index is 0.300. The molecule has 1 aliphatic carbocycles. The van der Waals surface area contributed by atoms with Gasteiger partial charge in [0.15, 0.2) is 0 Å². The lowest BCUT2D eigenvalue weighted by Crippen LogP contribution is -2.60. The molecular formula is C15H28N2O. The van der Waals surface area contributed by atoms with Gasteiger partial charge in [-0.3, -0.25) is 4.79 Å². The van der Waals surface area contributed by atoms with Gasteiger partial charge in [-0.25, -0.2) is 0 Å². The van der Waals surface area contributed by atoms with E-state index in [-0.39, 0.29) is 5.54 Å². The predicted molar refractivity (Wildman–Crippen MR) is 74.5 cm³/mol. The van der Waals surface area contributed by atoms with E-state index in [1.807, 2.05) is 0 Å². The third-order valence-electron chi connectivity index (χ3n) is 4.71. The molecule has 3 heteroatoms. The van der Waals surface area contributed by atoms with Crippen molar-refractivity contribution in [3.8, 4) is 0 Å². The minimum Gasteiger partial charge on any atom is -0.338 e. The summed E-state index contributed by atoms with van der Waals surface area (Å²) in [6.45, 7) is 6.07. The Hall–Kier alpha value is -0.570. The maximum Gasteiger partial charge on any atom is 0.242 e. The van der Waals surface area contributed by atoms with Crippen molar-refractivity contribution in [3.63, 3.8) is 0 Å². The van der Waals surface area contributed by atoms with E-state index < -0.39 is 0 Å². The second-order valence-electron chi connectivity index (χ2n) is 6.10. The highest BCUT2D eigenvalue weighted by Gasteiger charge is 2.39. The highest BCUT2D eigenvalue weighted by Crippen LogP contribution is 2.27. The number of hydrogen-bond acceptors (Lipinski definition) is 2. The Kier molecular flexibility index (Phi) is 4.66. The molecule has 0 aromatic rings. The van der Waals surface area contributed by atoms with Crippen LogP contribution >= 0.6 is 0 Å². The molecule has 2 aliphatic rings. The number of piperidine rings is 1. The number of nitrogens with one attached hydrogen (secondary N) is 1. The zero-order valence-electron chi connectivity index (χ0n) is 12.0. The standard InChI is InChI=1S/C15H28N2O/c1-3-17(13-9-5-4-6-10-13)14(18)15(2)11-7-8-12-16-15/h13,16H,3-12H2,1-2H3. The van der Waals surface area contributed by atoms with Crippen LogP contribution in [0.2, 0.25) is 0 Å². The van der Waals surface area contributed by atoms with Crippen molar-refractivity contribution in [1.29, 1.82) is 0 Å². The summed E-state index contributed by atoms with van der Waals surface area (Å²) in [5.74, 6) is 0.344. The van der Waals surface area contributed by atoms with Gasteiger partial charge in [0, 0.05) is 12.6 Å². The zero-order chi connectivity index (χ0) is 13.0. The first-order chi connectivity index (χ1) is 8.67. The molecule has 2 fully saturated rings. The molecule has 0 bridgehead atoms. The average Bonchev–Trinajstić information content (AvgIpc) is 2.41. The van der Waals surface area contributed by atoms with Crippen LogP contribution < -0.4 is 5.32 Å². The van der Waals surface area contributed by atoms with E-state index in [0.717, 1.165) is 19.5 Å². The van der Waals surface area contributed by atoms with Gasteiger partial charge in [0.2, 0.25) is 5.91 Å². The Bertz CT molecular complexity index is 278. The Morgan fingerprint density at radius 1 is 1.22 bits per heavy atom. The molecule has 1 aliphatic heterocycles. The molecule has 1 saturated carbocycles. The van der Waals surface area contributed by atoms with Crippen LogP contribution in [0.5, 0.6) is 0 Å². The summed E-state index contributed by atoms with van der Waals surface area (Å²) >= 11 is 0. The number of carbonyl (C=O) groups is 1. The molecule has 104 valence electrons. The first-order valence-corrected chi connectivity index (χ1v) is 7.73. The van der Waals surface area contributed by atoms with E-state index in [4.69, 9.17) is 0 Å². The molecule has 1 unspecified atom stereocenters. The lowest BCUT2D eigenvalue weighted by atomic mass is 9.87. The molecule has 0 aromatic heterocycles. The topological polar surface area (TPSA) is 32.3 Å². The lowest BCUT2D eigenvalue weighted by Gasteiger charge is -2.42. The molecular weight excluding hydrogens is 224 g/mol. The van der Waals surface area contributed by atoms with Crippen LogP contribution in [-0.2, 0) is 4.79 Å². The molecule has 1 saturated heterocycles. The van der Waals surface area contributed by atoms with Crippen LogP contribution in [0.1, 0.15) is 65.2 Å². The van der Waals surface area contributed by atoms with Crippen LogP contribution in [0.15, 0.2) is 0 Å². The molecule has 0 spiro atoms. The Morgan fingerprint density at radius 2 is 1.94 bits per heavy atom. The normalized spacial score (nSPS) is 30.1. The summed E-state index contributed by atoms with van der Waals surface area (Å²) in [5, 5.41) is 3.46. The van der Waals surface area contributed by atoms with Crippen LogP contribution in [0, 0.1) is 0 Å². The largest absolute Gasteiger partial charge is 0.338 e. The number of nitrogens with zero attached hydrogens (tertiary/aromatic N) is 1. The maximum atomic E-state index is 12.8. The fourth-order valence-corrected chi connectivity index (χ4v) is 3.52. The van der Waals surface area contributed by atoms with Gasteiger partial charge in [0.25, 0.3) is 0 Å². The van der Waals surface area contributed by atoms with Crippen molar-refractivity contribution < 1.29 is 4.79 Å². The summed E-state index contributed by atoms with van der Waals surface area (Å²) in [6, 6.07) is 0.497. The fraction of sp³-hybridized carbons (Fsp3) is 0.933. The smallest absolute Gasteiger partial charge is 0.242 e. The number of rotatable bonds is 3. The summed E-state index contributed by atoms with van der Waals surface area (Å²) in [6.07, 6.45) is 9.71. The lowest BCUT2D eigenvalue weighted by molar-refractivity contribution is -0.141. The van der Waals surface area contributed by atoms with Crippen molar-refractivity contribution in [2.75, 3.05) is 13.1 Å². The molecule has 0 radical (unpaired) electrons. The summed E-state index contributed by atoms with van der Waals surface area (Å²) < 4.78 is 0. The van der Waals surface area contributed by atoms with Gasteiger partial charge in [-0.05, 0) is 52.5 Å². The van der Waals surface area contributed by atoms with Gasteiger partial charge in [0.1, 0.15) is 0 Å². The van der Waals surface area contributed by atoms with Crippen molar-refractivity contribution in [2.45, 2.75) is 76.8 Å². The quantitative estimate of drug-likeness (QED) is 0.837. The van der Waals surface area contributed by atoms with E-state index in [1.54, 1.807) is 0 Å². The summed E-state index contributed by atoms with van der Waals surface area (Å²) in [4.78, 5) is 15.0. The average molecular weight is 252 g/mol. The molecule has 1 N–H and O–H groups in total. The molecule has 0 aromatic carbocycles. The maximum absolute atomic E-state index is 12.8. The highest BCUT2D eigenvalue weighted by molar-refractivity contribution is 5.86. The van der Waals surface area contributed by atoms with Gasteiger partial charge in [-0.2, -0.15) is 0 Å². The van der Waals surface area contributed by atoms with E-state index >= 15 is 0 Å².